The molecule has 0 aliphatic rings. The maximum atomic E-state index is 14.5. The third kappa shape index (κ3) is 15.6. The molecule has 354 valence electrons. The number of hydrogen-bond acceptors (Lipinski definition) is 10. The highest BCUT2D eigenvalue weighted by Gasteiger charge is 2.34. The van der Waals surface area contributed by atoms with E-state index in [-0.39, 0.29) is 50.4 Å². The number of para-hydroxylation sites is 1. The molecule has 20 heteroatoms. The van der Waals surface area contributed by atoms with Crippen molar-refractivity contribution in [2.24, 2.45) is 28.1 Å². The van der Waals surface area contributed by atoms with Crippen molar-refractivity contribution in [1.29, 1.82) is 0 Å². The van der Waals surface area contributed by atoms with E-state index in [1.54, 1.807) is 56.4 Å². The van der Waals surface area contributed by atoms with Gasteiger partial charge in [-0.2, -0.15) is 0 Å². The molecule has 1 aromatic heterocycles. The minimum Gasteiger partial charge on any atom is -0.508 e. The molecule has 6 amide bonds. The van der Waals surface area contributed by atoms with Gasteiger partial charge in [0.25, 0.3) is 0 Å². The normalized spacial score (nSPS) is 14.3. The zero-order valence-corrected chi connectivity index (χ0v) is 37.4. The number of rotatable bonds is 24. The number of carboxylic acids is 1. The summed E-state index contributed by atoms with van der Waals surface area (Å²) in [6, 6.07) is 13.5. The zero-order valence-electron chi connectivity index (χ0n) is 37.4. The number of amides is 6. The number of H-pyrrole nitrogens is 1. The quantitative estimate of drug-likeness (QED) is 0.0251. The standard InChI is InChI=1S/C46H61N11O9/c1-25(2)38(57-43(63)36(54-39(59)26(3)47)21-28-11-6-5-7-12-28)44(64)53-34(15-10-20-50-46(48)49)40(60)56-37(23-30-24-51-33-14-9-8-13-32(30)33)42(62)55-35(41(61)52-27(4)45(65)66)22-29-16-18-31(58)19-17-29/h5-9,11-14,16-19,24-27,34-38,51,58H,10,15,20-23,47H2,1-4H3,(H,52,61)(H,53,64)(H,54,59)(H,55,62)(H,56,60)(H,57,63)(H,65,66)(H4,48,49,50)/t26-,27-,34-,35-,36-,37-,38-/m0/s1. The van der Waals surface area contributed by atoms with Gasteiger partial charge in [0.15, 0.2) is 5.96 Å². The molecule has 7 atom stereocenters. The van der Waals surface area contributed by atoms with Crippen LogP contribution in [0.2, 0.25) is 0 Å². The predicted molar refractivity (Wildman–Crippen MR) is 247 cm³/mol. The lowest BCUT2D eigenvalue weighted by Gasteiger charge is -2.29. The molecule has 15 N–H and O–H groups in total. The van der Waals surface area contributed by atoms with E-state index < -0.39 is 89.6 Å². The molecule has 0 radical (unpaired) electrons. The second kappa shape index (κ2) is 24.5. The smallest absolute Gasteiger partial charge is 0.325 e. The van der Waals surface area contributed by atoms with Crippen molar-refractivity contribution in [3.63, 3.8) is 0 Å². The van der Waals surface area contributed by atoms with Crippen LogP contribution in [0.5, 0.6) is 5.75 Å². The van der Waals surface area contributed by atoms with Gasteiger partial charge in [-0.25, -0.2) is 0 Å². The Balaban J connectivity index is 1.65. The van der Waals surface area contributed by atoms with Gasteiger partial charge in [-0.15, -0.1) is 0 Å². The van der Waals surface area contributed by atoms with E-state index in [0.29, 0.717) is 11.1 Å². The first kappa shape index (κ1) is 51.2. The van der Waals surface area contributed by atoms with Crippen LogP contribution in [0, 0.1) is 5.92 Å². The number of nitrogens with two attached hydrogens (primary N) is 3. The van der Waals surface area contributed by atoms with Gasteiger partial charge in [0, 0.05) is 42.9 Å². The number of carbonyl (C=O) groups is 7. The molecule has 20 nitrogen and oxygen atoms in total. The lowest BCUT2D eigenvalue weighted by atomic mass is 9.99. The van der Waals surface area contributed by atoms with Crippen LogP contribution in [-0.2, 0) is 52.8 Å². The molecule has 0 unspecified atom stereocenters. The van der Waals surface area contributed by atoms with E-state index in [4.69, 9.17) is 17.2 Å². The summed E-state index contributed by atoms with van der Waals surface area (Å²) in [5, 5.41) is 36.1. The first-order valence-electron chi connectivity index (χ1n) is 21.6. The third-order valence-corrected chi connectivity index (χ3v) is 10.6. The van der Waals surface area contributed by atoms with E-state index in [2.05, 4.69) is 41.9 Å². The molecule has 4 aromatic rings. The summed E-state index contributed by atoms with van der Waals surface area (Å²) in [6.45, 7) is 6.19. The number of nitrogens with zero attached hydrogens (tertiary/aromatic N) is 1. The summed E-state index contributed by atoms with van der Waals surface area (Å²) in [4.78, 5) is 102. The minimum absolute atomic E-state index is 0.0332. The van der Waals surface area contributed by atoms with Gasteiger partial charge in [-0.3, -0.25) is 38.6 Å². The lowest BCUT2D eigenvalue weighted by molar-refractivity contribution is -0.141. The number of aromatic amines is 1. The van der Waals surface area contributed by atoms with Crippen molar-refractivity contribution < 1.29 is 43.8 Å². The van der Waals surface area contributed by atoms with Crippen molar-refractivity contribution in [2.45, 2.75) is 102 Å². The van der Waals surface area contributed by atoms with Crippen LogP contribution in [0.25, 0.3) is 10.9 Å². The Morgan fingerprint density at radius 2 is 1.14 bits per heavy atom. The Labute approximate surface area is 382 Å². The van der Waals surface area contributed by atoms with Crippen LogP contribution < -0.4 is 49.1 Å². The van der Waals surface area contributed by atoms with E-state index >= 15 is 0 Å². The van der Waals surface area contributed by atoms with Crippen molar-refractivity contribution >= 4 is 58.3 Å². The molecule has 4 rings (SSSR count). The van der Waals surface area contributed by atoms with Gasteiger partial charge >= 0.3 is 5.97 Å². The number of nitrogens with one attached hydrogen (secondary N) is 7. The van der Waals surface area contributed by atoms with Gasteiger partial charge in [0.05, 0.1) is 6.04 Å². The highest BCUT2D eigenvalue weighted by atomic mass is 16.4. The number of aromatic nitrogens is 1. The number of fused-ring (bicyclic) bond motifs is 1. The molecule has 0 fully saturated rings. The van der Waals surface area contributed by atoms with Gasteiger partial charge in [-0.05, 0) is 67.5 Å². The summed E-state index contributed by atoms with van der Waals surface area (Å²) in [7, 11) is 0. The van der Waals surface area contributed by atoms with Crippen LogP contribution in [-0.4, -0.2) is 111 Å². The van der Waals surface area contributed by atoms with Crippen molar-refractivity contribution in [1.82, 2.24) is 36.9 Å². The van der Waals surface area contributed by atoms with Crippen molar-refractivity contribution in [3.8, 4) is 5.75 Å². The van der Waals surface area contributed by atoms with Crippen LogP contribution >= 0.6 is 0 Å². The Bertz CT molecular complexity index is 2330. The van der Waals surface area contributed by atoms with Gasteiger partial charge in [0.2, 0.25) is 35.4 Å². The summed E-state index contributed by atoms with van der Waals surface area (Å²) < 4.78 is 0. The molecule has 0 aliphatic heterocycles. The van der Waals surface area contributed by atoms with E-state index in [0.717, 1.165) is 16.5 Å². The first-order chi connectivity index (χ1) is 31.3. The van der Waals surface area contributed by atoms with Crippen LogP contribution in [0.3, 0.4) is 0 Å². The molecule has 0 saturated heterocycles. The number of aromatic hydroxyl groups is 1. The molecule has 0 bridgehead atoms. The Kier molecular flexibility index (Phi) is 19.0. The highest BCUT2D eigenvalue weighted by Crippen LogP contribution is 2.20. The van der Waals surface area contributed by atoms with E-state index in [9.17, 15) is 43.8 Å². The number of carbonyl (C=O) groups excluding carboxylic acids is 6. The molecular weight excluding hydrogens is 851 g/mol. The van der Waals surface area contributed by atoms with Gasteiger partial charge in [0.1, 0.15) is 42.0 Å². The van der Waals surface area contributed by atoms with Crippen LogP contribution in [0.4, 0.5) is 0 Å². The lowest BCUT2D eigenvalue weighted by Crippen LogP contribution is -2.61. The fourth-order valence-electron chi connectivity index (χ4n) is 6.91. The summed E-state index contributed by atoms with van der Waals surface area (Å²) in [5.41, 5.74) is 19.5. The number of aliphatic imine (C=N–C) groups is 1. The molecule has 0 aliphatic carbocycles. The maximum Gasteiger partial charge on any atom is 0.325 e. The van der Waals surface area contributed by atoms with E-state index in [1.165, 1.54) is 38.1 Å². The second-order valence-corrected chi connectivity index (χ2v) is 16.4. The molecule has 0 spiro atoms. The number of phenols is 1. The van der Waals surface area contributed by atoms with Crippen LogP contribution in [0.1, 0.15) is 57.2 Å². The van der Waals surface area contributed by atoms with Crippen molar-refractivity contribution in [3.05, 3.63) is 102 Å². The maximum absolute atomic E-state index is 14.5. The number of phenolic OH excluding ortho intramolecular Hbond substituents is 1. The largest absolute Gasteiger partial charge is 0.508 e. The molecule has 0 saturated carbocycles. The second-order valence-electron chi connectivity index (χ2n) is 16.4. The monoisotopic (exact) mass is 911 g/mol. The molecule has 1 heterocycles. The average Bonchev–Trinajstić information content (AvgIpc) is 3.68. The topological polar surface area (TPSA) is 338 Å². The van der Waals surface area contributed by atoms with Gasteiger partial charge < -0.3 is 64.3 Å². The highest BCUT2D eigenvalue weighted by molar-refractivity contribution is 5.97. The first-order valence-corrected chi connectivity index (χ1v) is 21.6. The third-order valence-electron chi connectivity index (χ3n) is 10.6. The Hall–Kier alpha value is -7.48. The minimum atomic E-state index is -1.38. The number of aliphatic carboxylic acids is 1. The molecule has 66 heavy (non-hydrogen) atoms. The summed E-state index contributed by atoms with van der Waals surface area (Å²) >= 11 is 0. The van der Waals surface area contributed by atoms with Crippen molar-refractivity contribution in [2.75, 3.05) is 6.54 Å². The predicted octanol–water partition coefficient (Wildman–Crippen LogP) is -0.0285. The SMILES string of the molecule is CC(C)[C@H](NC(=O)[C@H](Cc1ccccc1)NC(=O)[C@H](C)N)C(=O)N[C@@H](CCCN=C(N)N)C(=O)N[C@@H](Cc1c[nH]c2ccccc12)C(=O)N[C@@H](Cc1ccc(O)cc1)C(=O)N[C@@H](C)C(=O)O. The fraction of sp³-hybridized carbons (Fsp3) is 0.391. The van der Waals surface area contributed by atoms with E-state index in [1.807, 2.05) is 18.2 Å². The number of benzene rings is 3. The Morgan fingerprint density at radius 1 is 0.621 bits per heavy atom. The molecule has 3 aromatic carbocycles. The summed E-state index contributed by atoms with van der Waals surface area (Å²) in [6.07, 6.45) is 1.70. The van der Waals surface area contributed by atoms with Crippen LogP contribution in [0.15, 0.2) is 90.1 Å². The summed E-state index contributed by atoms with van der Waals surface area (Å²) in [5.74, 6) is -6.49. The Morgan fingerprint density at radius 3 is 1.73 bits per heavy atom. The number of carboxylic acid groups (broad SMARTS) is 1. The zero-order chi connectivity index (χ0) is 48.5. The number of guanidine groups is 1. The van der Waals surface area contributed by atoms with Gasteiger partial charge in [-0.1, -0.05) is 74.5 Å². The number of hydrogen-bond donors (Lipinski definition) is 12. The molecular formula is C46H61N11O9. The average molecular weight is 912 g/mol. The fourth-order valence-corrected chi connectivity index (χ4v) is 6.91.